The largest absolute Gasteiger partial charge is 0.485 e. The number of rotatable bonds is 5. The molecule has 0 saturated carbocycles. The number of methoxy groups -OCH3 is 1. The molecular formula is C29H26N4O6. The molecule has 1 unspecified atom stereocenters. The average Bonchev–Trinajstić information content (AvgIpc) is 3.37. The fraction of sp³-hybridized carbons (Fsp3) is 0.241. The summed E-state index contributed by atoms with van der Waals surface area (Å²) in [6.07, 6.45) is 1.59. The van der Waals surface area contributed by atoms with Gasteiger partial charge in [0, 0.05) is 17.5 Å². The number of amides is 1. The average molecular weight is 527 g/mol. The van der Waals surface area contributed by atoms with Gasteiger partial charge in [0.15, 0.2) is 17.6 Å². The molecule has 4 heterocycles. The van der Waals surface area contributed by atoms with Crippen LogP contribution in [0.3, 0.4) is 0 Å². The van der Waals surface area contributed by atoms with Crippen molar-refractivity contribution in [3.8, 4) is 28.7 Å². The number of benzene rings is 2. The van der Waals surface area contributed by atoms with Crippen LogP contribution in [0, 0.1) is 20.8 Å². The van der Waals surface area contributed by atoms with Gasteiger partial charge in [0.1, 0.15) is 18.0 Å². The Morgan fingerprint density at radius 3 is 2.77 bits per heavy atom. The number of ether oxygens (including phenoxy) is 3. The molecule has 0 radical (unpaired) electrons. The van der Waals surface area contributed by atoms with Crippen molar-refractivity contribution >= 4 is 33.8 Å². The van der Waals surface area contributed by atoms with Gasteiger partial charge in [0.05, 0.1) is 42.0 Å². The van der Waals surface area contributed by atoms with Gasteiger partial charge in [0.2, 0.25) is 5.88 Å². The maximum Gasteiger partial charge on any atom is 0.411 e. The summed E-state index contributed by atoms with van der Waals surface area (Å²) in [5, 5.41) is 10.6. The van der Waals surface area contributed by atoms with Crippen LogP contribution < -0.4 is 19.1 Å². The van der Waals surface area contributed by atoms with Gasteiger partial charge in [-0.1, -0.05) is 0 Å². The van der Waals surface area contributed by atoms with E-state index in [9.17, 15) is 9.90 Å². The number of hydrogen-bond donors (Lipinski definition) is 1. The maximum atomic E-state index is 12.0. The number of pyridine rings is 1. The maximum absolute atomic E-state index is 12.0. The van der Waals surface area contributed by atoms with Gasteiger partial charge in [-0.2, -0.15) is 0 Å². The van der Waals surface area contributed by atoms with Crippen LogP contribution in [0.2, 0.25) is 0 Å². The van der Waals surface area contributed by atoms with Crippen molar-refractivity contribution in [3.63, 3.8) is 0 Å². The van der Waals surface area contributed by atoms with E-state index in [0.29, 0.717) is 45.4 Å². The Hall–Kier alpha value is -4.86. The zero-order valence-electron chi connectivity index (χ0n) is 21.9. The number of nitrogens with zero attached hydrogens (tertiary/aromatic N) is 4. The molecule has 5 aromatic rings. The van der Waals surface area contributed by atoms with Crippen LogP contribution in [0.1, 0.15) is 16.8 Å². The molecule has 0 spiro atoms. The van der Waals surface area contributed by atoms with Gasteiger partial charge in [-0.25, -0.2) is 14.8 Å². The molecule has 1 aliphatic heterocycles. The van der Waals surface area contributed by atoms with Crippen molar-refractivity contribution in [1.29, 1.82) is 0 Å². The second-order valence-corrected chi connectivity index (χ2v) is 9.57. The van der Waals surface area contributed by atoms with Gasteiger partial charge in [-0.15, -0.1) is 0 Å². The van der Waals surface area contributed by atoms with Crippen molar-refractivity contribution in [3.05, 3.63) is 65.6 Å². The Bertz CT molecular complexity index is 1750. The summed E-state index contributed by atoms with van der Waals surface area (Å²) < 4.78 is 24.0. The van der Waals surface area contributed by atoms with E-state index in [4.69, 9.17) is 18.6 Å². The summed E-state index contributed by atoms with van der Waals surface area (Å²) in [6.45, 7) is 6.02. The van der Waals surface area contributed by atoms with Gasteiger partial charge < -0.3 is 23.7 Å². The van der Waals surface area contributed by atoms with E-state index in [-0.39, 0.29) is 13.2 Å². The zero-order chi connectivity index (χ0) is 27.3. The summed E-state index contributed by atoms with van der Waals surface area (Å²) >= 11 is 0. The smallest absolute Gasteiger partial charge is 0.411 e. The number of fused-ring (bicyclic) bond motifs is 4. The first kappa shape index (κ1) is 24.5. The number of hydrogen-bond acceptors (Lipinski definition) is 8. The molecule has 2 aromatic carbocycles. The first-order valence-corrected chi connectivity index (χ1v) is 12.4. The molecule has 10 nitrogen and oxygen atoms in total. The van der Waals surface area contributed by atoms with Gasteiger partial charge in [-0.05, 0) is 68.3 Å². The van der Waals surface area contributed by atoms with Gasteiger partial charge >= 0.3 is 6.09 Å². The van der Waals surface area contributed by atoms with Crippen LogP contribution in [-0.2, 0) is 0 Å². The Morgan fingerprint density at radius 2 is 2.00 bits per heavy atom. The minimum Gasteiger partial charge on any atom is -0.485 e. The molecular weight excluding hydrogens is 500 g/mol. The lowest BCUT2D eigenvalue weighted by Gasteiger charge is -2.30. The van der Waals surface area contributed by atoms with Crippen LogP contribution in [0.5, 0.6) is 17.4 Å². The highest BCUT2D eigenvalue weighted by molar-refractivity contribution is 5.97. The van der Waals surface area contributed by atoms with Crippen LogP contribution in [0.4, 0.5) is 10.5 Å². The third-order valence-corrected chi connectivity index (χ3v) is 6.67. The molecule has 3 aromatic heterocycles. The molecule has 1 atom stereocenters. The quantitative estimate of drug-likeness (QED) is 0.308. The minimum atomic E-state index is -1.08. The second-order valence-electron chi connectivity index (χ2n) is 9.57. The van der Waals surface area contributed by atoms with E-state index in [1.807, 2.05) is 45.0 Å². The lowest BCUT2D eigenvalue weighted by Crippen LogP contribution is -2.43. The fourth-order valence-corrected chi connectivity index (χ4v) is 4.89. The monoisotopic (exact) mass is 526 g/mol. The van der Waals surface area contributed by atoms with Gasteiger partial charge in [0.25, 0.3) is 0 Å². The SMILES string of the molecule is COc1cnc2c(-c3cc4c5c(cc(C)c4o3)OC(CN(C(=O)O)c3ccnc(C)c3)CO5)cc(C)cc2n1. The Kier molecular flexibility index (Phi) is 5.94. The number of furan rings is 1. The third kappa shape index (κ3) is 4.43. The van der Waals surface area contributed by atoms with E-state index in [1.165, 1.54) is 4.90 Å². The Morgan fingerprint density at radius 1 is 1.15 bits per heavy atom. The summed E-state index contributed by atoms with van der Waals surface area (Å²) in [7, 11) is 1.56. The predicted molar refractivity (Wildman–Crippen MR) is 145 cm³/mol. The van der Waals surface area contributed by atoms with E-state index in [0.717, 1.165) is 27.8 Å². The molecule has 0 fully saturated rings. The molecule has 198 valence electrons. The Labute approximate surface area is 223 Å². The Balaban J connectivity index is 1.35. The molecule has 39 heavy (non-hydrogen) atoms. The number of carbonyl (C=O) groups is 1. The minimum absolute atomic E-state index is 0.101. The van der Waals surface area contributed by atoms with Gasteiger partial charge in [-0.3, -0.25) is 9.88 Å². The van der Waals surface area contributed by atoms with Crippen LogP contribution >= 0.6 is 0 Å². The van der Waals surface area contributed by atoms with E-state index in [2.05, 4.69) is 15.0 Å². The first-order valence-electron chi connectivity index (χ1n) is 12.4. The van der Waals surface area contributed by atoms with E-state index >= 15 is 0 Å². The second kappa shape index (κ2) is 9.46. The summed E-state index contributed by atoms with van der Waals surface area (Å²) in [5.74, 6) is 2.17. The number of aryl methyl sites for hydroxylation is 3. The lowest BCUT2D eigenvalue weighted by atomic mass is 10.1. The molecule has 1 N–H and O–H groups in total. The third-order valence-electron chi connectivity index (χ3n) is 6.67. The highest BCUT2D eigenvalue weighted by atomic mass is 16.6. The van der Waals surface area contributed by atoms with E-state index in [1.54, 1.807) is 31.6 Å². The van der Waals surface area contributed by atoms with Crippen molar-refractivity contribution in [2.24, 2.45) is 0 Å². The standard InChI is InChI=1S/C29H26N4O6/c1-15-7-20(26-22(8-15)32-25(36-4)12-31-26)23-11-21-27(39-23)16(2)9-24-28(21)37-14-19(38-24)13-33(29(34)35)18-5-6-30-17(3)10-18/h5-12,19H,13-14H2,1-4H3,(H,34,35). The molecule has 10 heteroatoms. The van der Waals surface area contributed by atoms with Crippen molar-refractivity contribution < 1.29 is 28.5 Å². The van der Waals surface area contributed by atoms with Crippen LogP contribution in [0.25, 0.3) is 33.3 Å². The van der Waals surface area contributed by atoms with Crippen molar-refractivity contribution in [2.45, 2.75) is 26.9 Å². The molecule has 0 saturated heterocycles. The topological polar surface area (TPSA) is 120 Å². The first-order chi connectivity index (χ1) is 18.8. The molecule has 6 rings (SSSR count). The highest BCUT2D eigenvalue weighted by Gasteiger charge is 2.29. The van der Waals surface area contributed by atoms with E-state index < -0.39 is 12.2 Å². The lowest BCUT2D eigenvalue weighted by molar-refractivity contribution is 0.0959. The summed E-state index contributed by atoms with van der Waals surface area (Å²) in [6, 6.07) is 11.1. The zero-order valence-corrected chi connectivity index (χ0v) is 21.9. The predicted octanol–water partition coefficient (Wildman–Crippen LogP) is 5.70. The van der Waals surface area contributed by atoms with Crippen LogP contribution in [0.15, 0.2) is 53.2 Å². The molecule has 1 aliphatic rings. The number of aromatic nitrogens is 3. The number of anilines is 1. The molecule has 0 bridgehead atoms. The van der Waals surface area contributed by atoms with Crippen molar-refractivity contribution in [1.82, 2.24) is 15.0 Å². The van der Waals surface area contributed by atoms with Crippen molar-refractivity contribution in [2.75, 3.05) is 25.2 Å². The number of carboxylic acid groups (broad SMARTS) is 1. The molecule has 1 amide bonds. The summed E-state index contributed by atoms with van der Waals surface area (Å²) in [4.78, 5) is 26.5. The fourth-order valence-electron chi connectivity index (χ4n) is 4.89. The highest BCUT2D eigenvalue weighted by Crippen LogP contribution is 2.44. The summed E-state index contributed by atoms with van der Waals surface area (Å²) in [5.41, 5.74) is 6.03. The molecule has 0 aliphatic carbocycles. The normalized spacial score (nSPS) is 14.5. The van der Waals surface area contributed by atoms with Crippen LogP contribution in [-0.4, -0.2) is 52.5 Å².